The summed E-state index contributed by atoms with van der Waals surface area (Å²) < 4.78 is 0. The number of carbonyl (C=O) groups is 2. The lowest BCUT2D eigenvalue weighted by atomic mass is 9.98. The highest BCUT2D eigenvalue weighted by Crippen LogP contribution is 2.31. The number of carbonyl (C=O) groups excluding carboxylic acids is 2. The Morgan fingerprint density at radius 3 is 2.53 bits per heavy atom. The van der Waals surface area contributed by atoms with Gasteiger partial charge in [0.05, 0.1) is 23.8 Å². The number of fused-ring (bicyclic) bond motifs is 1. The van der Waals surface area contributed by atoms with Gasteiger partial charge in [0.2, 0.25) is 5.91 Å². The van der Waals surface area contributed by atoms with Gasteiger partial charge >= 0.3 is 0 Å². The van der Waals surface area contributed by atoms with E-state index in [1.54, 1.807) is 24.5 Å². The second-order valence-electron chi connectivity index (χ2n) is 9.11. The molecule has 1 N–H and O–H groups in total. The molecule has 8 heteroatoms. The van der Waals surface area contributed by atoms with Crippen molar-refractivity contribution in [2.24, 2.45) is 5.92 Å². The lowest BCUT2D eigenvalue weighted by molar-refractivity contribution is -0.136. The summed E-state index contributed by atoms with van der Waals surface area (Å²) in [4.78, 5) is 54.4. The Morgan fingerprint density at radius 2 is 1.75 bits per heavy atom. The van der Waals surface area contributed by atoms with E-state index in [9.17, 15) is 14.4 Å². The number of aromatic nitrogens is 3. The smallest absolute Gasteiger partial charge is 0.256 e. The summed E-state index contributed by atoms with van der Waals surface area (Å²) in [6, 6.07) is 3.18. The Kier molecular flexibility index (Phi) is 5.76. The van der Waals surface area contributed by atoms with Crippen LogP contribution in [0.1, 0.15) is 78.4 Å². The zero-order valence-corrected chi connectivity index (χ0v) is 18.3. The van der Waals surface area contributed by atoms with Crippen molar-refractivity contribution in [1.82, 2.24) is 24.8 Å². The molecule has 2 amide bonds. The predicted octanol–water partition coefficient (Wildman–Crippen LogP) is 2.61. The number of rotatable bonds is 3. The van der Waals surface area contributed by atoms with Gasteiger partial charge < -0.3 is 14.8 Å². The van der Waals surface area contributed by atoms with Crippen LogP contribution in [0, 0.1) is 5.92 Å². The molecular formula is C24H29N5O3. The maximum atomic E-state index is 13.1. The Hall–Kier alpha value is -3.03. The summed E-state index contributed by atoms with van der Waals surface area (Å²) in [6.07, 6.45) is 10.6. The number of hydrogen-bond acceptors (Lipinski definition) is 5. The molecule has 2 aromatic heterocycles. The molecule has 0 radical (unpaired) electrons. The summed E-state index contributed by atoms with van der Waals surface area (Å²) >= 11 is 0. The molecule has 0 aromatic carbocycles. The van der Waals surface area contributed by atoms with Gasteiger partial charge in [0.1, 0.15) is 5.82 Å². The van der Waals surface area contributed by atoms with Crippen LogP contribution < -0.4 is 5.56 Å². The summed E-state index contributed by atoms with van der Waals surface area (Å²) in [7, 11) is 0. The number of nitrogens with one attached hydrogen (secondary N) is 1. The molecule has 4 heterocycles. The molecule has 8 nitrogen and oxygen atoms in total. The van der Waals surface area contributed by atoms with Gasteiger partial charge in [-0.1, -0.05) is 12.8 Å². The van der Waals surface area contributed by atoms with E-state index in [-0.39, 0.29) is 29.3 Å². The van der Waals surface area contributed by atoms with E-state index in [0.29, 0.717) is 43.0 Å². The van der Waals surface area contributed by atoms with E-state index in [4.69, 9.17) is 4.98 Å². The normalized spacial score (nSPS) is 21.4. The van der Waals surface area contributed by atoms with Gasteiger partial charge in [-0.05, 0) is 44.2 Å². The highest BCUT2D eigenvalue weighted by molar-refractivity contribution is 5.94. The quantitative estimate of drug-likeness (QED) is 0.799. The third-order valence-corrected chi connectivity index (χ3v) is 7.11. The third kappa shape index (κ3) is 3.94. The monoisotopic (exact) mass is 435 g/mol. The van der Waals surface area contributed by atoms with Crippen molar-refractivity contribution in [2.75, 3.05) is 13.1 Å². The van der Waals surface area contributed by atoms with Gasteiger partial charge in [0.15, 0.2) is 0 Å². The fourth-order valence-corrected chi connectivity index (χ4v) is 5.34. The van der Waals surface area contributed by atoms with E-state index in [1.165, 1.54) is 0 Å². The minimum absolute atomic E-state index is 0.0641. The summed E-state index contributed by atoms with van der Waals surface area (Å²) in [5.41, 5.74) is 1.76. The number of amides is 2. The summed E-state index contributed by atoms with van der Waals surface area (Å²) in [6.45, 7) is 1.57. The summed E-state index contributed by atoms with van der Waals surface area (Å²) in [5, 5.41) is 0. The number of likely N-dealkylation sites (tertiary alicyclic amines) is 1. The zero-order valence-electron chi connectivity index (χ0n) is 18.3. The van der Waals surface area contributed by atoms with Gasteiger partial charge in [-0.3, -0.25) is 19.4 Å². The molecule has 1 aliphatic carbocycles. The molecule has 0 spiro atoms. The second-order valence-corrected chi connectivity index (χ2v) is 9.11. The number of pyridine rings is 1. The molecule has 0 unspecified atom stereocenters. The number of piperidine rings is 1. The third-order valence-electron chi connectivity index (χ3n) is 7.11. The first kappa shape index (κ1) is 20.8. The van der Waals surface area contributed by atoms with Crippen LogP contribution in [0.5, 0.6) is 0 Å². The average Bonchev–Trinajstić information content (AvgIpc) is 3.38. The molecule has 2 aromatic rings. The molecule has 2 aliphatic heterocycles. The zero-order chi connectivity index (χ0) is 22.1. The standard InChI is InChI=1S/C24H29N5O3/c30-22-18-15-28(23(31)16-5-1-2-6-16)14-10-19(18)26-21(27-22)20-7-3-4-13-29(20)24(32)17-8-11-25-12-9-17/h8-9,11-12,16,20H,1-7,10,13-15H2,(H,26,27,30)/t20-/m1/s1. The minimum atomic E-state index is -0.249. The van der Waals surface area contributed by atoms with Crippen LogP contribution in [0.25, 0.3) is 0 Å². The fourth-order valence-electron chi connectivity index (χ4n) is 5.34. The van der Waals surface area contributed by atoms with Crippen LogP contribution in [-0.4, -0.2) is 49.7 Å². The van der Waals surface area contributed by atoms with Crippen molar-refractivity contribution >= 4 is 11.8 Å². The molecule has 0 bridgehead atoms. The van der Waals surface area contributed by atoms with Crippen molar-refractivity contribution in [3.63, 3.8) is 0 Å². The lowest BCUT2D eigenvalue weighted by Gasteiger charge is -2.36. The molecular weight excluding hydrogens is 406 g/mol. The van der Waals surface area contributed by atoms with Crippen LogP contribution in [0.4, 0.5) is 0 Å². The van der Waals surface area contributed by atoms with E-state index < -0.39 is 0 Å². The molecule has 168 valence electrons. The van der Waals surface area contributed by atoms with Gasteiger partial charge in [0.25, 0.3) is 11.5 Å². The van der Waals surface area contributed by atoms with Gasteiger partial charge in [-0.25, -0.2) is 4.98 Å². The van der Waals surface area contributed by atoms with Gasteiger partial charge in [-0.2, -0.15) is 0 Å². The Morgan fingerprint density at radius 1 is 1.00 bits per heavy atom. The van der Waals surface area contributed by atoms with E-state index in [1.807, 2.05) is 9.80 Å². The molecule has 2 fully saturated rings. The van der Waals surface area contributed by atoms with Gasteiger partial charge in [-0.15, -0.1) is 0 Å². The van der Waals surface area contributed by atoms with Crippen molar-refractivity contribution < 1.29 is 9.59 Å². The van der Waals surface area contributed by atoms with Gasteiger partial charge in [0, 0.05) is 43.4 Å². The molecule has 32 heavy (non-hydrogen) atoms. The van der Waals surface area contributed by atoms with Crippen molar-refractivity contribution in [2.45, 2.75) is 64.0 Å². The van der Waals surface area contributed by atoms with E-state index >= 15 is 0 Å². The largest absolute Gasteiger partial charge is 0.337 e. The first-order valence-corrected chi connectivity index (χ1v) is 11.7. The Bertz CT molecular complexity index is 1060. The Balaban J connectivity index is 1.39. The second kappa shape index (κ2) is 8.84. The molecule has 1 saturated carbocycles. The van der Waals surface area contributed by atoms with Crippen LogP contribution in [0.15, 0.2) is 29.3 Å². The number of nitrogens with zero attached hydrogens (tertiary/aromatic N) is 4. The maximum Gasteiger partial charge on any atom is 0.256 e. The summed E-state index contributed by atoms with van der Waals surface area (Å²) in [5.74, 6) is 0.785. The average molecular weight is 436 g/mol. The minimum Gasteiger partial charge on any atom is -0.337 e. The highest BCUT2D eigenvalue weighted by Gasteiger charge is 2.34. The van der Waals surface area contributed by atoms with Crippen molar-refractivity contribution in [3.05, 3.63) is 57.5 Å². The fraction of sp³-hybridized carbons (Fsp3) is 0.542. The first-order valence-electron chi connectivity index (χ1n) is 11.7. The van der Waals surface area contributed by atoms with E-state index in [0.717, 1.165) is 50.6 Å². The maximum absolute atomic E-state index is 13.1. The molecule has 1 atom stereocenters. The first-order chi connectivity index (χ1) is 15.6. The molecule has 5 rings (SSSR count). The van der Waals surface area contributed by atoms with Crippen LogP contribution >= 0.6 is 0 Å². The van der Waals surface area contributed by atoms with Crippen LogP contribution in [0.3, 0.4) is 0 Å². The lowest BCUT2D eigenvalue weighted by Crippen LogP contribution is -2.43. The topological polar surface area (TPSA) is 99.3 Å². The molecule has 1 saturated heterocycles. The molecule has 3 aliphatic rings. The van der Waals surface area contributed by atoms with E-state index in [2.05, 4.69) is 9.97 Å². The number of hydrogen-bond donors (Lipinski definition) is 1. The van der Waals surface area contributed by atoms with Crippen molar-refractivity contribution in [3.8, 4) is 0 Å². The number of H-pyrrole nitrogens is 1. The Labute approximate surface area is 187 Å². The SMILES string of the molecule is O=C(C1CCCC1)N1CCc2nc([C@H]3CCCCN3C(=O)c3ccncc3)[nH]c(=O)c2C1. The number of aromatic amines is 1. The predicted molar refractivity (Wildman–Crippen MR) is 118 cm³/mol. The van der Waals surface area contributed by atoms with Crippen LogP contribution in [-0.2, 0) is 17.8 Å². The highest BCUT2D eigenvalue weighted by atomic mass is 16.2. The van der Waals surface area contributed by atoms with Crippen LogP contribution in [0.2, 0.25) is 0 Å². The van der Waals surface area contributed by atoms with Crippen molar-refractivity contribution in [1.29, 1.82) is 0 Å².